The molecule has 0 saturated heterocycles. The van der Waals surface area contributed by atoms with Crippen LogP contribution in [-0.2, 0) is 10.4 Å². The molecule has 0 radical (unpaired) electrons. The van der Waals surface area contributed by atoms with Gasteiger partial charge in [0, 0.05) is 25.2 Å². The van der Waals surface area contributed by atoms with Crippen LogP contribution in [0.25, 0.3) is 0 Å². The molecule has 1 saturated carbocycles. The summed E-state index contributed by atoms with van der Waals surface area (Å²) in [5.74, 6) is -0.103. The first-order chi connectivity index (χ1) is 10.4. The lowest BCUT2D eigenvalue weighted by atomic mass is 9.92. The highest BCUT2D eigenvalue weighted by Gasteiger charge is 2.30. The summed E-state index contributed by atoms with van der Waals surface area (Å²) < 4.78 is 0. The number of hydrogen-bond acceptors (Lipinski definition) is 3. The summed E-state index contributed by atoms with van der Waals surface area (Å²) in [5.41, 5.74) is -0.355. The van der Waals surface area contributed by atoms with Crippen LogP contribution in [0.1, 0.15) is 45.6 Å². The minimum atomic E-state index is -1.13. The highest BCUT2D eigenvalue weighted by atomic mass is 16.3. The Morgan fingerprint density at radius 1 is 1.36 bits per heavy atom. The molecule has 1 amide bonds. The number of carbonyl (C=O) groups excluding carboxylic acids is 1. The predicted octanol–water partition coefficient (Wildman–Crippen LogP) is 2.27. The van der Waals surface area contributed by atoms with Gasteiger partial charge < -0.3 is 10.4 Å². The first-order valence-electron chi connectivity index (χ1n) is 8.20. The molecule has 122 valence electrons. The molecule has 4 nitrogen and oxygen atoms in total. The number of nitrogens with zero attached hydrogens (tertiary/aromatic N) is 1. The van der Waals surface area contributed by atoms with Gasteiger partial charge in [-0.1, -0.05) is 30.3 Å². The van der Waals surface area contributed by atoms with Crippen molar-refractivity contribution in [2.75, 3.05) is 13.1 Å². The van der Waals surface area contributed by atoms with Gasteiger partial charge in [0.15, 0.2) is 0 Å². The summed E-state index contributed by atoms with van der Waals surface area (Å²) in [6.07, 6.45) is 2.63. The van der Waals surface area contributed by atoms with Gasteiger partial charge in [-0.25, -0.2) is 0 Å². The second kappa shape index (κ2) is 7.25. The first kappa shape index (κ1) is 17.0. The highest BCUT2D eigenvalue weighted by molar-refractivity contribution is 5.77. The van der Waals surface area contributed by atoms with Crippen molar-refractivity contribution in [2.24, 2.45) is 0 Å². The minimum absolute atomic E-state index is 0.0854. The maximum Gasteiger partial charge on any atom is 0.223 e. The zero-order valence-corrected chi connectivity index (χ0v) is 13.9. The Kier molecular flexibility index (Phi) is 5.59. The molecule has 2 N–H and O–H groups in total. The fourth-order valence-corrected chi connectivity index (χ4v) is 2.87. The molecule has 0 heterocycles. The van der Waals surface area contributed by atoms with E-state index in [-0.39, 0.29) is 12.3 Å². The van der Waals surface area contributed by atoms with E-state index in [1.165, 1.54) is 12.8 Å². The Bertz CT molecular complexity index is 479. The lowest BCUT2D eigenvalue weighted by molar-refractivity contribution is -0.125. The Morgan fingerprint density at radius 2 is 2.00 bits per heavy atom. The molecule has 1 unspecified atom stereocenters. The normalized spacial score (nSPS) is 17.5. The average molecular weight is 304 g/mol. The maximum atomic E-state index is 12.1. The summed E-state index contributed by atoms with van der Waals surface area (Å²) in [4.78, 5) is 14.5. The summed E-state index contributed by atoms with van der Waals surface area (Å²) in [6, 6.07) is 10.6. The summed E-state index contributed by atoms with van der Waals surface area (Å²) in [5, 5.41) is 13.4. The smallest absolute Gasteiger partial charge is 0.223 e. The quantitative estimate of drug-likeness (QED) is 0.774. The lowest BCUT2D eigenvalue weighted by Crippen LogP contribution is -2.41. The van der Waals surface area contributed by atoms with Crippen LogP contribution in [0.2, 0.25) is 0 Å². The van der Waals surface area contributed by atoms with Crippen LogP contribution in [-0.4, -0.2) is 41.1 Å². The SMILES string of the molecule is CC(C)N(CCNC(=O)CC(C)(O)c1ccccc1)C1CC1. The Morgan fingerprint density at radius 3 is 2.55 bits per heavy atom. The van der Waals surface area contributed by atoms with Crippen LogP contribution >= 0.6 is 0 Å². The first-order valence-corrected chi connectivity index (χ1v) is 8.20. The van der Waals surface area contributed by atoms with Crippen molar-refractivity contribution >= 4 is 5.91 Å². The van der Waals surface area contributed by atoms with Crippen molar-refractivity contribution in [3.8, 4) is 0 Å². The van der Waals surface area contributed by atoms with E-state index in [1.807, 2.05) is 30.3 Å². The van der Waals surface area contributed by atoms with E-state index in [0.717, 1.165) is 12.1 Å². The predicted molar refractivity (Wildman–Crippen MR) is 88.5 cm³/mol. The molecule has 0 aromatic heterocycles. The molecule has 1 aliphatic carbocycles. The molecule has 0 spiro atoms. The van der Waals surface area contributed by atoms with Gasteiger partial charge in [-0.3, -0.25) is 9.69 Å². The largest absolute Gasteiger partial charge is 0.385 e. The number of carbonyl (C=O) groups is 1. The van der Waals surface area contributed by atoms with Crippen molar-refractivity contribution in [3.05, 3.63) is 35.9 Å². The van der Waals surface area contributed by atoms with E-state index in [2.05, 4.69) is 24.1 Å². The van der Waals surface area contributed by atoms with Gasteiger partial charge in [0.2, 0.25) is 5.91 Å². The Labute approximate surface area is 133 Å². The third-order valence-electron chi connectivity index (χ3n) is 4.27. The third kappa shape index (κ3) is 4.82. The van der Waals surface area contributed by atoms with Crippen LogP contribution in [0, 0.1) is 0 Å². The molecule has 0 bridgehead atoms. The molecule has 2 rings (SSSR count). The summed E-state index contributed by atoms with van der Waals surface area (Å²) >= 11 is 0. The van der Waals surface area contributed by atoms with E-state index in [0.29, 0.717) is 18.6 Å². The van der Waals surface area contributed by atoms with Crippen molar-refractivity contribution in [1.29, 1.82) is 0 Å². The lowest BCUT2D eigenvalue weighted by Gasteiger charge is -2.27. The third-order valence-corrected chi connectivity index (χ3v) is 4.27. The van der Waals surface area contributed by atoms with Gasteiger partial charge in [-0.05, 0) is 39.2 Å². The zero-order chi connectivity index (χ0) is 16.2. The Hall–Kier alpha value is -1.39. The highest BCUT2D eigenvalue weighted by Crippen LogP contribution is 2.28. The van der Waals surface area contributed by atoms with Gasteiger partial charge in [-0.15, -0.1) is 0 Å². The van der Waals surface area contributed by atoms with E-state index in [1.54, 1.807) is 6.92 Å². The maximum absolute atomic E-state index is 12.1. The van der Waals surface area contributed by atoms with Crippen LogP contribution in [0.5, 0.6) is 0 Å². The van der Waals surface area contributed by atoms with Gasteiger partial charge in [-0.2, -0.15) is 0 Å². The van der Waals surface area contributed by atoms with Crippen molar-refractivity contribution in [2.45, 2.75) is 57.7 Å². The van der Waals surface area contributed by atoms with E-state index in [9.17, 15) is 9.90 Å². The minimum Gasteiger partial charge on any atom is -0.385 e. The van der Waals surface area contributed by atoms with Crippen molar-refractivity contribution < 1.29 is 9.90 Å². The summed E-state index contributed by atoms with van der Waals surface area (Å²) in [6.45, 7) is 7.59. The molecule has 1 fully saturated rings. The number of hydrogen-bond donors (Lipinski definition) is 2. The average Bonchev–Trinajstić information content (AvgIpc) is 3.28. The monoisotopic (exact) mass is 304 g/mol. The molecule has 1 atom stereocenters. The molecule has 0 aliphatic heterocycles. The van der Waals surface area contributed by atoms with Gasteiger partial charge in [0.05, 0.1) is 12.0 Å². The van der Waals surface area contributed by atoms with Gasteiger partial charge in [0.1, 0.15) is 0 Å². The second-order valence-corrected chi connectivity index (χ2v) is 6.73. The fourth-order valence-electron chi connectivity index (χ4n) is 2.87. The molecular weight excluding hydrogens is 276 g/mol. The molecule has 4 heteroatoms. The topological polar surface area (TPSA) is 52.6 Å². The molecule has 1 aliphatic rings. The molecule has 1 aromatic rings. The number of amides is 1. The van der Waals surface area contributed by atoms with Crippen LogP contribution in [0.4, 0.5) is 0 Å². The fraction of sp³-hybridized carbons (Fsp3) is 0.611. The van der Waals surface area contributed by atoms with Gasteiger partial charge >= 0.3 is 0 Å². The Balaban J connectivity index is 1.78. The summed E-state index contributed by atoms with van der Waals surface area (Å²) in [7, 11) is 0. The molecular formula is C18H28N2O2. The second-order valence-electron chi connectivity index (χ2n) is 6.73. The molecule has 1 aromatic carbocycles. The number of aliphatic hydroxyl groups is 1. The number of benzene rings is 1. The standard InChI is InChI=1S/C18H28N2O2/c1-14(2)20(16-9-10-16)12-11-19-17(21)13-18(3,22)15-7-5-4-6-8-15/h4-8,14,16,22H,9-13H2,1-3H3,(H,19,21). The number of rotatable bonds is 8. The van der Waals surface area contributed by atoms with Gasteiger partial charge in [0.25, 0.3) is 0 Å². The van der Waals surface area contributed by atoms with Crippen LogP contribution < -0.4 is 5.32 Å². The van der Waals surface area contributed by atoms with Crippen LogP contribution in [0.15, 0.2) is 30.3 Å². The molecule has 22 heavy (non-hydrogen) atoms. The van der Waals surface area contributed by atoms with Crippen molar-refractivity contribution in [1.82, 2.24) is 10.2 Å². The van der Waals surface area contributed by atoms with E-state index >= 15 is 0 Å². The zero-order valence-electron chi connectivity index (χ0n) is 13.9. The van der Waals surface area contributed by atoms with E-state index < -0.39 is 5.60 Å². The van der Waals surface area contributed by atoms with E-state index in [4.69, 9.17) is 0 Å². The van der Waals surface area contributed by atoms with Crippen molar-refractivity contribution in [3.63, 3.8) is 0 Å². The van der Waals surface area contributed by atoms with Crippen LogP contribution in [0.3, 0.4) is 0 Å². The number of nitrogens with one attached hydrogen (secondary N) is 1.